The largest absolute Gasteiger partial charge is 0.395 e. The van der Waals surface area contributed by atoms with Crippen LogP contribution in [0, 0.1) is 6.92 Å². The second kappa shape index (κ2) is 3.59. The minimum absolute atomic E-state index is 0.148. The van der Waals surface area contributed by atoms with E-state index in [1.54, 1.807) is 0 Å². The van der Waals surface area contributed by atoms with Crippen LogP contribution in [0.4, 0.5) is 0 Å². The van der Waals surface area contributed by atoms with Crippen molar-refractivity contribution in [3.63, 3.8) is 0 Å². The van der Waals surface area contributed by atoms with Crippen LogP contribution >= 0.6 is 0 Å². The Labute approximate surface area is 95.7 Å². The topological polar surface area (TPSA) is 38.0 Å². The molecule has 3 nitrogen and oxygen atoms in total. The van der Waals surface area contributed by atoms with Crippen LogP contribution in [0.1, 0.15) is 25.1 Å². The van der Waals surface area contributed by atoms with E-state index in [2.05, 4.69) is 23.3 Å². The molecule has 0 unspecified atom stereocenters. The van der Waals surface area contributed by atoms with E-state index in [1.165, 1.54) is 5.39 Å². The standard InChI is InChI=1S/C13H18N2O/c1-9-11-6-5-10(13(2,3)8-16)7-12(11)15(4)14-9/h5-7,16H,8H2,1-4H3. The number of hydrogen-bond donors (Lipinski definition) is 1. The molecule has 0 spiro atoms. The molecule has 1 heterocycles. The number of aliphatic hydroxyl groups excluding tert-OH is 1. The van der Waals surface area contributed by atoms with Crippen molar-refractivity contribution in [2.45, 2.75) is 26.2 Å². The molecule has 0 aliphatic heterocycles. The van der Waals surface area contributed by atoms with E-state index in [0.29, 0.717) is 0 Å². The van der Waals surface area contributed by atoms with E-state index in [-0.39, 0.29) is 12.0 Å². The molecule has 0 aliphatic carbocycles. The average Bonchev–Trinajstić information content (AvgIpc) is 2.54. The number of benzene rings is 1. The van der Waals surface area contributed by atoms with Gasteiger partial charge in [0.2, 0.25) is 0 Å². The maximum Gasteiger partial charge on any atom is 0.0684 e. The highest BCUT2D eigenvalue weighted by Gasteiger charge is 2.20. The highest BCUT2D eigenvalue weighted by Crippen LogP contribution is 2.27. The molecular weight excluding hydrogens is 200 g/mol. The molecule has 0 radical (unpaired) electrons. The number of aromatic nitrogens is 2. The molecule has 0 fully saturated rings. The molecule has 0 aliphatic rings. The van der Waals surface area contributed by atoms with Gasteiger partial charge in [0.1, 0.15) is 0 Å². The van der Waals surface area contributed by atoms with Crippen molar-refractivity contribution in [2.24, 2.45) is 7.05 Å². The first-order chi connectivity index (χ1) is 7.45. The Morgan fingerprint density at radius 1 is 1.38 bits per heavy atom. The predicted octanol–water partition coefficient (Wildman–Crippen LogP) is 2.15. The van der Waals surface area contributed by atoms with Gasteiger partial charge < -0.3 is 5.11 Å². The summed E-state index contributed by atoms with van der Waals surface area (Å²) >= 11 is 0. The summed E-state index contributed by atoms with van der Waals surface area (Å²) in [6, 6.07) is 6.28. The van der Waals surface area contributed by atoms with Crippen LogP contribution in [-0.2, 0) is 12.5 Å². The van der Waals surface area contributed by atoms with Crippen LogP contribution in [0.25, 0.3) is 10.9 Å². The highest BCUT2D eigenvalue weighted by atomic mass is 16.3. The molecule has 0 saturated carbocycles. The van der Waals surface area contributed by atoms with Gasteiger partial charge in [0.15, 0.2) is 0 Å². The normalized spacial score (nSPS) is 12.3. The van der Waals surface area contributed by atoms with Crippen molar-refractivity contribution in [2.75, 3.05) is 6.61 Å². The van der Waals surface area contributed by atoms with Crippen molar-refractivity contribution in [1.82, 2.24) is 9.78 Å². The fourth-order valence-electron chi connectivity index (χ4n) is 1.95. The average molecular weight is 218 g/mol. The first-order valence-electron chi connectivity index (χ1n) is 5.50. The van der Waals surface area contributed by atoms with Gasteiger partial charge in [-0.3, -0.25) is 4.68 Å². The Bertz CT molecular complexity index is 526. The highest BCUT2D eigenvalue weighted by molar-refractivity contribution is 5.82. The molecule has 16 heavy (non-hydrogen) atoms. The quantitative estimate of drug-likeness (QED) is 0.838. The lowest BCUT2D eigenvalue weighted by atomic mass is 9.85. The second-order valence-electron chi connectivity index (χ2n) is 4.98. The molecule has 0 bridgehead atoms. The van der Waals surface area contributed by atoms with Gasteiger partial charge in [-0.1, -0.05) is 26.0 Å². The van der Waals surface area contributed by atoms with Gasteiger partial charge >= 0.3 is 0 Å². The lowest BCUT2D eigenvalue weighted by molar-refractivity contribution is 0.218. The van der Waals surface area contributed by atoms with Crippen LogP contribution < -0.4 is 0 Å². The predicted molar refractivity (Wildman–Crippen MR) is 65.6 cm³/mol. The minimum atomic E-state index is -0.202. The molecule has 2 rings (SSSR count). The molecule has 3 heteroatoms. The summed E-state index contributed by atoms with van der Waals surface area (Å²) in [6.45, 7) is 6.24. The van der Waals surface area contributed by atoms with Gasteiger partial charge in [-0.15, -0.1) is 0 Å². The van der Waals surface area contributed by atoms with Gasteiger partial charge in [-0.05, 0) is 18.6 Å². The van der Waals surface area contributed by atoms with Gasteiger partial charge in [-0.25, -0.2) is 0 Å². The van der Waals surface area contributed by atoms with Crippen LogP contribution in [-0.4, -0.2) is 21.5 Å². The molecule has 86 valence electrons. The maximum absolute atomic E-state index is 9.37. The molecule has 0 saturated heterocycles. The van der Waals surface area contributed by atoms with E-state index < -0.39 is 0 Å². The minimum Gasteiger partial charge on any atom is -0.395 e. The fourth-order valence-corrected chi connectivity index (χ4v) is 1.95. The van der Waals surface area contributed by atoms with Crippen molar-refractivity contribution < 1.29 is 5.11 Å². The van der Waals surface area contributed by atoms with Gasteiger partial charge in [-0.2, -0.15) is 5.10 Å². The Kier molecular flexibility index (Phi) is 2.50. The van der Waals surface area contributed by atoms with Crippen LogP contribution in [0.2, 0.25) is 0 Å². The zero-order chi connectivity index (χ0) is 11.9. The first kappa shape index (κ1) is 11.1. The molecule has 1 aromatic heterocycles. The van der Waals surface area contributed by atoms with Crippen LogP contribution in [0.15, 0.2) is 18.2 Å². The number of aryl methyl sites for hydroxylation is 2. The summed E-state index contributed by atoms with van der Waals surface area (Å²) in [7, 11) is 1.95. The molecular formula is C13H18N2O. The number of aliphatic hydroxyl groups is 1. The van der Waals surface area contributed by atoms with Gasteiger partial charge in [0, 0.05) is 17.8 Å². The van der Waals surface area contributed by atoms with Crippen molar-refractivity contribution in [1.29, 1.82) is 0 Å². The van der Waals surface area contributed by atoms with E-state index in [0.717, 1.165) is 16.8 Å². The summed E-state index contributed by atoms with van der Waals surface area (Å²) in [5, 5.41) is 14.9. The maximum atomic E-state index is 9.37. The van der Waals surface area contributed by atoms with Crippen LogP contribution in [0.3, 0.4) is 0 Å². The van der Waals surface area contributed by atoms with E-state index in [9.17, 15) is 5.11 Å². The SMILES string of the molecule is Cc1nn(C)c2cc(C(C)(C)CO)ccc12. The smallest absolute Gasteiger partial charge is 0.0684 e. The summed E-state index contributed by atoms with van der Waals surface area (Å²) in [5.74, 6) is 0. The van der Waals surface area contributed by atoms with E-state index in [4.69, 9.17) is 0 Å². The Morgan fingerprint density at radius 3 is 2.69 bits per heavy atom. The Balaban J connectivity index is 2.64. The molecule has 1 aromatic carbocycles. The van der Waals surface area contributed by atoms with E-state index in [1.807, 2.05) is 32.5 Å². The summed E-state index contributed by atoms with van der Waals surface area (Å²) < 4.78 is 1.89. The Hall–Kier alpha value is -1.35. The summed E-state index contributed by atoms with van der Waals surface area (Å²) in [5.41, 5.74) is 3.11. The van der Waals surface area contributed by atoms with Crippen LogP contribution in [0.5, 0.6) is 0 Å². The number of nitrogens with zero attached hydrogens (tertiary/aromatic N) is 2. The molecule has 2 aromatic rings. The third kappa shape index (κ3) is 1.61. The lowest BCUT2D eigenvalue weighted by Crippen LogP contribution is -2.21. The Morgan fingerprint density at radius 2 is 2.06 bits per heavy atom. The molecule has 1 N–H and O–H groups in total. The fraction of sp³-hybridized carbons (Fsp3) is 0.462. The summed E-state index contributed by atoms with van der Waals surface area (Å²) in [6.07, 6.45) is 0. The second-order valence-corrected chi connectivity index (χ2v) is 4.98. The molecule has 0 amide bonds. The van der Waals surface area contributed by atoms with Crippen molar-refractivity contribution in [3.8, 4) is 0 Å². The van der Waals surface area contributed by atoms with Crippen molar-refractivity contribution >= 4 is 10.9 Å². The van der Waals surface area contributed by atoms with Crippen molar-refractivity contribution in [3.05, 3.63) is 29.5 Å². The third-order valence-electron chi connectivity index (χ3n) is 3.21. The number of fused-ring (bicyclic) bond motifs is 1. The third-order valence-corrected chi connectivity index (χ3v) is 3.21. The lowest BCUT2D eigenvalue weighted by Gasteiger charge is -2.22. The zero-order valence-corrected chi connectivity index (χ0v) is 10.3. The first-order valence-corrected chi connectivity index (χ1v) is 5.50. The zero-order valence-electron chi connectivity index (χ0n) is 10.3. The molecule has 0 atom stereocenters. The van der Waals surface area contributed by atoms with E-state index >= 15 is 0 Å². The number of hydrogen-bond acceptors (Lipinski definition) is 2. The summed E-state index contributed by atoms with van der Waals surface area (Å²) in [4.78, 5) is 0. The van der Waals surface area contributed by atoms with Gasteiger partial charge in [0.05, 0.1) is 17.8 Å². The monoisotopic (exact) mass is 218 g/mol. The van der Waals surface area contributed by atoms with Gasteiger partial charge in [0.25, 0.3) is 0 Å². The number of rotatable bonds is 2.